The number of carbonyl (C=O) groups is 2. The molecule has 0 saturated heterocycles. The molecule has 0 spiro atoms. The van der Waals surface area contributed by atoms with Gasteiger partial charge in [0.05, 0.1) is 6.42 Å². The second-order valence-electron chi connectivity index (χ2n) is 7.54. The van der Waals surface area contributed by atoms with Crippen molar-refractivity contribution < 1.29 is 9.59 Å². The Morgan fingerprint density at radius 1 is 1.04 bits per heavy atom. The van der Waals surface area contributed by atoms with Gasteiger partial charge in [-0.2, -0.15) is 0 Å². The van der Waals surface area contributed by atoms with Crippen molar-refractivity contribution in [3.05, 3.63) is 35.9 Å². The molecule has 0 aromatic heterocycles. The molecule has 2 unspecified atom stereocenters. The molecule has 1 aromatic carbocycles. The third-order valence-electron chi connectivity index (χ3n) is 5.59. The Morgan fingerprint density at radius 2 is 1.72 bits per heavy atom. The first-order valence-electron chi connectivity index (χ1n) is 9.47. The Labute approximate surface area is 149 Å². The smallest absolute Gasteiger partial charge is 0.224 e. The molecular formula is C20H29N3O2. The standard InChI is InChI=1S/C20H29N3O2/c21-17-12-15-7-4-8-16(13-17)20(15)23-18(24)9-10-22-19(25)11-14-5-2-1-3-6-14/h1-3,5-6,15-17,20H,4,7-13,21H2,(H,22,25)(H,23,24). The number of fused-ring (bicyclic) bond motifs is 2. The highest BCUT2D eigenvalue weighted by Gasteiger charge is 2.39. The van der Waals surface area contributed by atoms with Gasteiger partial charge in [-0.05, 0) is 43.1 Å². The van der Waals surface area contributed by atoms with E-state index in [1.165, 1.54) is 19.3 Å². The van der Waals surface area contributed by atoms with Crippen LogP contribution in [0.4, 0.5) is 0 Å². The van der Waals surface area contributed by atoms with Crippen molar-refractivity contribution in [3.63, 3.8) is 0 Å². The summed E-state index contributed by atoms with van der Waals surface area (Å²) in [6.45, 7) is 0.388. The molecule has 2 saturated carbocycles. The van der Waals surface area contributed by atoms with E-state index in [0.29, 0.717) is 37.3 Å². The van der Waals surface area contributed by atoms with Gasteiger partial charge in [0.2, 0.25) is 11.8 Å². The molecule has 0 heterocycles. The Hall–Kier alpha value is -1.88. The van der Waals surface area contributed by atoms with Crippen LogP contribution >= 0.6 is 0 Å². The first kappa shape index (κ1) is 17.9. The average Bonchev–Trinajstić information content (AvgIpc) is 2.56. The molecule has 5 heteroatoms. The van der Waals surface area contributed by atoms with Gasteiger partial charge < -0.3 is 16.4 Å². The first-order chi connectivity index (χ1) is 12.1. The van der Waals surface area contributed by atoms with Crippen molar-refractivity contribution in [2.75, 3.05) is 6.54 Å². The van der Waals surface area contributed by atoms with Crippen LogP contribution in [0.3, 0.4) is 0 Å². The molecule has 2 bridgehead atoms. The normalized spacial score (nSPS) is 28.2. The zero-order valence-corrected chi connectivity index (χ0v) is 14.7. The first-order valence-corrected chi connectivity index (χ1v) is 9.47. The summed E-state index contributed by atoms with van der Waals surface area (Å²) in [6.07, 6.45) is 6.33. The fraction of sp³-hybridized carbons (Fsp3) is 0.600. The molecule has 5 nitrogen and oxygen atoms in total. The predicted molar refractivity (Wildman–Crippen MR) is 97.7 cm³/mol. The van der Waals surface area contributed by atoms with Crippen LogP contribution in [0.15, 0.2) is 30.3 Å². The number of nitrogens with two attached hydrogens (primary N) is 1. The lowest BCUT2D eigenvalue weighted by molar-refractivity contribution is -0.123. The highest BCUT2D eigenvalue weighted by Crippen LogP contribution is 2.39. The third kappa shape index (κ3) is 5.05. The van der Waals surface area contributed by atoms with Gasteiger partial charge in [-0.1, -0.05) is 36.8 Å². The van der Waals surface area contributed by atoms with E-state index >= 15 is 0 Å². The quantitative estimate of drug-likeness (QED) is 0.736. The minimum atomic E-state index is -0.0421. The maximum absolute atomic E-state index is 12.3. The lowest BCUT2D eigenvalue weighted by Crippen LogP contribution is -2.54. The van der Waals surface area contributed by atoms with E-state index < -0.39 is 0 Å². The van der Waals surface area contributed by atoms with Gasteiger partial charge in [0, 0.05) is 25.0 Å². The number of carbonyl (C=O) groups excluding carboxylic acids is 2. The molecule has 136 valence electrons. The fourth-order valence-corrected chi connectivity index (χ4v) is 4.44. The minimum Gasteiger partial charge on any atom is -0.355 e. The Bertz CT molecular complexity index is 576. The Morgan fingerprint density at radius 3 is 2.40 bits per heavy atom. The van der Waals surface area contributed by atoms with Crippen LogP contribution in [0.1, 0.15) is 44.1 Å². The number of rotatable bonds is 6. The topological polar surface area (TPSA) is 84.2 Å². The molecule has 2 aliphatic carbocycles. The van der Waals surface area contributed by atoms with Crippen LogP contribution in [0.5, 0.6) is 0 Å². The van der Waals surface area contributed by atoms with Crippen LogP contribution in [-0.4, -0.2) is 30.4 Å². The van der Waals surface area contributed by atoms with Crippen molar-refractivity contribution in [2.24, 2.45) is 17.6 Å². The summed E-state index contributed by atoms with van der Waals surface area (Å²) in [5, 5.41) is 6.06. The molecular weight excluding hydrogens is 314 g/mol. The van der Waals surface area contributed by atoms with E-state index in [1.54, 1.807) is 0 Å². The summed E-state index contributed by atoms with van der Waals surface area (Å²) in [4.78, 5) is 24.2. The van der Waals surface area contributed by atoms with Gasteiger partial charge in [0.25, 0.3) is 0 Å². The second-order valence-corrected chi connectivity index (χ2v) is 7.54. The number of nitrogens with one attached hydrogen (secondary N) is 2. The molecule has 25 heavy (non-hydrogen) atoms. The number of hydrogen-bond acceptors (Lipinski definition) is 3. The van der Waals surface area contributed by atoms with Crippen molar-refractivity contribution >= 4 is 11.8 Å². The lowest BCUT2D eigenvalue weighted by Gasteiger charge is -2.45. The lowest BCUT2D eigenvalue weighted by atomic mass is 9.67. The third-order valence-corrected chi connectivity index (χ3v) is 5.59. The maximum atomic E-state index is 12.3. The van der Waals surface area contributed by atoms with Gasteiger partial charge in [-0.15, -0.1) is 0 Å². The van der Waals surface area contributed by atoms with E-state index in [-0.39, 0.29) is 17.9 Å². The summed E-state index contributed by atoms with van der Waals surface area (Å²) < 4.78 is 0. The molecule has 2 aliphatic rings. The van der Waals surface area contributed by atoms with E-state index in [4.69, 9.17) is 5.73 Å². The monoisotopic (exact) mass is 343 g/mol. The van der Waals surface area contributed by atoms with Gasteiger partial charge in [0.1, 0.15) is 0 Å². The van der Waals surface area contributed by atoms with Crippen LogP contribution in [-0.2, 0) is 16.0 Å². The van der Waals surface area contributed by atoms with E-state index in [9.17, 15) is 9.59 Å². The van der Waals surface area contributed by atoms with Crippen molar-refractivity contribution in [2.45, 2.75) is 57.0 Å². The number of hydrogen-bond donors (Lipinski definition) is 3. The molecule has 2 amide bonds. The molecule has 2 atom stereocenters. The summed E-state index contributed by atoms with van der Waals surface area (Å²) in [5.74, 6) is 1.05. The summed E-state index contributed by atoms with van der Waals surface area (Å²) in [5.41, 5.74) is 7.12. The van der Waals surface area contributed by atoms with Crippen molar-refractivity contribution in [1.82, 2.24) is 10.6 Å². The molecule has 0 radical (unpaired) electrons. The van der Waals surface area contributed by atoms with Crippen LogP contribution < -0.4 is 16.4 Å². The molecule has 4 N–H and O–H groups in total. The summed E-state index contributed by atoms with van der Waals surface area (Å²) in [6, 6.07) is 10.2. The van der Waals surface area contributed by atoms with Crippen LogP contribution in [0.2, 0.25) is 0 Å². The largest absolute Gasteiger partial charge is 0.355 e. The molecule has 0 aliphatic heterocycles. The van der Waals surface area contributed by atoms with Gasteiger partial charge >= 0.3 is 0 Å². The molecule has 3 rings (SSSR count). The Balaban J connectivity index is 1.39. The summed E-state index contributed by atoms with van der Waals surface area (Å²) >= 11 is 0. The summed E-state index contributed by atoms with van der Waals surface area (Å²) in [7, 11) is 0. The zero-order valence-electron chi connectivity index (χ0n) is 14.7. The van der Waals surface area contributed by atoms with Crippen LogP contribution in [0, 0.1) is 11.8 Å². The van der Waals surface area contributed by atoms with Crippen molar-refractivity contribution in [3.8, 4) is 0 Å². The van der Waals surface area contributed by atoms with Gasteiger partial charge in [0.15, 0.2) is 0 Å². The van der Waals surface area contributed by atoms with Crippen LogP contribution in [0.25, 0.3) is 0 Å². The molecule has 1 aromatic rings. The second kappa shape index (κ2) is 8.48. The SMILES string of the molecule is NC1CC2CCCC(C1)C2NC(=O)CCNC(=O)Cc1ccccc1. The number of amides is 2. The maximum Gasteiger partial charge on any atom is 0.224 e. The number of benzene rings is 1. The highest BCUT2D eigenvalue weighted by atomic mass is 16.2. The van der Waals surface area contributed by atoms with E-state index in [0.717, 1.165) is 18.4 Å². The fourth-order valence-electron chi connectivity index (χ4n) is 4.44. The van der Waals surface area contributed by atoms with E-state index in [2.05, 4.69) is 10.6 Å². The average molecular weight is 343 g/mol. The van der Waals surface area contributed by atoms with Gasteiger partial charge in [-0.3, -0.25) is 9.59 Å². The predicted octanol–water partition coefficient (Wildman–Crippen LogP) is 1.76. The van der Waals surface area contributed by atoms with E-state index in [1.807, 2.05) is 30.3 Å². The molecule has 2 fully saturated rings. The minimum absolute atomic E-state index is 0.0392. The Kier molecular flexibility index (Phi) is 6.08. The zero-order chi connectivity index (χ0) is 17.6. The highest BCUT2D eigenvalue weighted by molar-refractivity contribution is 5.80. The van der Waals surface area contributed by atoms with Gasteiger partial charge in [-0.25, -0.2) is 0 Å². The van der Waals surface area contributed by atoms with Crippen molar-refractivity contribution in [1.29, 1.82) is 0 Å².